The molecule has 1 N–H and O–H groups in total. The first-order valence-corrected chi connectivity index (χ1v) is 23.9. The topological polar surface area (TPSA) is 108 Å². The highest BCUT2D eigenvalue weighted by molar-refractivity contribution is 7.47. The summed E-state index contributed by atoms with van der Waals surface area (Å²) in [5.41, 5.74) is 0. The van der Waals surface area contributed by atoms with Gasteiger partial charge in [-0.25, -0.2) is 4.57 Å². The number of hydrogen-bond acceptors (Lipinski definition) is 7. The molecule has 326 valence electrons. The molecule has 0 aliphatic rings. The molecule has 0 fully saturated rings. The van der Waals surface area contributed by atoms with E-state index in [1.807, 2.05) is 21.1 Å². The first kappa shape index (κ1) is 54.0. The van der Waals surface area contributed by atoms with Crippen LogP contribution in [-0.2, 0) is 32.7 Å². The summed E-state index contributed by atoms with van der Waals surface area (Å²) in [5, 5.41) is 0. The van der Waals surface area contributed by atoms with Crippen LogP contribution in [0.4, 0.5) is 0 Å². The van der Waals surface area contributed by atoms with Crippen molar-refractivity contribution in [2.75, 3.05) is 47.5 Å². The molecule has 10 heteroatoms. The predicted octanol–water partition coefficient (Wildman–Crippen LogP) is 12.7. The minimum atomic E-state index is -4.38. The molecule has 0 amide bonds. The summed E-state index contributed by atoms with van der Waals surface area (Å²) in [6.45, 7) is 4.28. The Kier molecular flexibility index (Phi) is 37.1. The average molecular weight is 811 g/mol. The number of nitrogens with zero attached hydrogens (tertiary/aromatic N) is 1. The van der Waals surface area contributed by atoms with E-state index in [2.05, 4.69) is 62.5 Å². The van der Waals surface area contributed by atoms with E-state index in [9.17, 15) is 19.0 Å². The molecule has 0 spiro atoms. The third-order valence-electron chi connectivity index (χ3n) is 9.34. The van der Waals surface area contributed by atoms with Gasteiger partial charge < -0.3 is 18.9 Å². The second-order valence-corrected chi connectivity index (χ2v) is 17.5. The molecule has 0 heterocycles. The van der Waals surface area contributed by atoms with Crippen molar-refractivity contribution < 1.29 is 42.1 Å². The number of ether oxygens (including phenoxy) is 2. The Morgan fingerprint density at radius 1 is 0.571 bits per heavy atom. The Morgan fingerprint density at radius 3 is 1.54 bits per heavy atom. The standard InChI is InChI=1S/C46H84NO8P/c1-6-8-10-12-14-16-18-20-22-23-25-27-29-31-33-35-37-39-46(49)55-44(43-54-56(50,51)53-41-40-47(3,4)5)42-52-45(48)38-36-34-32-30-28-26-24-21-19-17-15-13-11-9-7-2/h8,10,14,16,20-22,24,44H,6-7,9,11-13,15,17-19,23,25-43H2,1-5H3/p+1/b10-8-,16-14-,22-20-,24-21-. The fraction of sp³-hybridized carbons (Fsp3) is 0.783. The van der Waals surface area contributed by atoms with Gasteiger partial charge in [0.15, 0.2) is 6.10 Å². The van der Waals surface area contributed by atoms with Gasteiger partial charge >= 0.3 is 19.8 Å². The van der Waals surface area contributed by atoms with Gasteiger partial charge in [0.2, 0.25) is 0 Å². The summed E-state index contributed by atoms with van der Waals surface area (Å²) in [6.07, 6.45) is 44.4. The first-order chi connectivity index (χ1) is 27.0. The Morgan fingerprint density at radius 2 is 1.02 bits per heavy atom. The Labute approximate surface area is 343 Å². The second-order valence-electron chi connectivity index (χ2n) is 16.0. The number of phosphoric acid groups is 1. The molecule has 0 aromatic carbocycles. The molecule has 0 rings (SSSR count). The maximum atomic E-state index is 12.7. The number of allylic oxidation sites excluding steroid dienone is 8. The number of unbranched alkanes of at least 4 members (excludes halogenated alkanes) is 18. The Hall–Kier alpha value is -2.03. The predicted molar refractivity (Wildman–Crippen MR) is 233 cm³/mol. The summed E-state index contributed by atoms with van der Waals surface area (Å²) < 4.78 is 34.3. The zero-order valence-electron chi connectivity index (χ0n) is 36.6. The number of phosphoric ester groups is 1. The van der Waals surface area contributed by atoms with E-state index >= 15 is 0 Å². The molecule has 2 unspecified atom stereocenters. The minimum Gasteiger partial charge on any atom is -0.462 e. The van der Waals surface area contributed by atoms with E-state index in [0.29, 0.717) is 17.4 Å². The number of quaternary nitrogens is 1. The number of likely N-dealkylation sites (N-methyl/N-ethyl adjacent to an activating group) is 1. The lowest BCUT2D eigenvalue weighted by Crippen LogP contribution is -2.37. The van der Waals surface area contributed by atoms with Gasteiger partial charge in [0, 0.05) is 12.8 Å². The van der Waals surface area contributed by atoms with Crippen LogP contribution in [0.1, 0.15) is 181 Å². The number of carbonyl (C=O) groups excluding carboxylic acids is 2. The lowest BCUT2D eigenvalue weighted by atomic mass is 10.1. The molecule has 0 saturated heterocycles. The summed E-state index contributed by atoms with van der Waals surface area (Å²) in [6, 6.07) is 0. The molecular formula is C46H85NO8P+. The van der Waals surface area contributed by atoms with Gasteiger partial charge in [-0.2, -0.15) is 0 Å². The highest BCUT2D eigenvalue weighted by atomic mass is 31.2. The zero-order valence-corrected chi connectivity index (χ0v) is 37.5. The highest BCUT2D eigenvalue weighted by Crippen LogP contribution is 2.43. The van der Waals surface area contributed by atoms with Crippen molar-refractivity contribution in [1.82, 2.24) is 0 Å². The maximum absolute atomic E-state index is 12.7. The van der Waals surface area contributed by atoms with Crippen molar-refractivity contribution in [1.29, 1.82) is 0 Å². The molecule has 9 nitrogen and oxygen atoms in total. The Bertz CT molecular complexity index is 1100. The van der Waals surface area contributed by atoms with E-state index in [4.69, 9.17) is 18.5 Å². The quantitative estimate of drug-likeness (QED) is 0.0214. The number of rotatable bonds is 40. The van der Waals surface area contributed by atoms with Gasteiger partial charge in [-0.3, -0.25) is 18.6 Å². The molecule has 0 bridgehead atoms. The number of esters is 2. The van der Waals surface area contributed by atoms with Gasteiger partial charge in [-0.15, -0.1) is 0 Å². The van der Waals surface area contributed by atoms with Crippen LogP contribution in [0.5, 0.6) is 0 Å². The van der Waals surface area contributed by atoms with Crippen LogP contribution in [-0.4, -0.2) is 74.9 Å². The van der Waals surface area contributed by atoms with Crippen molar-refractivity contribution in [3.05, 3.63) is 48.6 Å². The molecule has 0 saturated carbocycles. The molecule has 0 aromatic rings. The lowest BCUT2D eigenvalue weighted by Gasteiger charge is -2.24. The van der Waals surface area contributed by atoms with E-state index < -0.39 is 26.5 Å². The monoisotopic (exact) mass is 811 g/mol. The summed E-state index contributed by atoms with van der Waals surface area (Å²) in [7, 11) is 1.46. The maximum Gasteiger partial charge on any atom is 0.472 e. The van der Waals surface area contributed by atoms with Crippen molar-refractivity contribution in [3.63, 3.8) is 0 Å². The van der Waals surface area contributed by atoms with Crippen LogP contribution < -0.4 is 0 Å². The normalized spacial score (nSPS) is 14.0. The fourth-order valence-corrected chi connectivity index (χ4v) is 6.59. The van der Waals surface area contributed by atoms with Crippen LogP contribution in [0.3, 0.4) is 0 Å². The van der Waals surface area contributed by atoms with Crippen molar-refractivity contribution in [3.8, 4) is 0 Å². The SMILES string of the molecule is CC/C=C\C/C=C\C/C=C\CCCCCCCCCC(=O)OC(COC(=O)CCCCCCC/C=C\CCCCCCCC)COP(=O)(O)OCC[N+](C)(C)C. The van der Waals surface area contributed by atoms with Gasteiger partial charge in [-0.1, -0.05) is 146 Å². The molecule has 0 aliphatic carbocycles. The number of hydrogen-bond donors (Lipinski definition) is 1. The van der Waals surface area contributed by atoms with Crippen molar-refractivity contribution >= 4 is 19.8 Å². The van der Waals surface area contributed by atoms with Crippen LogP contribution in [0.25, 0.3) is 0 Å². The summed E-state index contributed by atoms with van der Waals surface area (Å²) in [4.78, 5) is 35.4. The largest absolute Gasteiger partial charge is 0.472 e. The molecule has 2 atom stereocenters. The molecule has 0 aliphatic heterocycles. The molecular weight excluding hydrogens is 725 g/mol. The number of carbonyl (C=O) groups is 2. The van der Waals surface area contributed by atoms with Gasteiger partial charge in [-0.05, 0) is 70.6 Å². The summed E-state index contributed by atoms with van der Waals surface area (Å²) >= 11 is 0. The van der Waals surface area contributed by atoms with Crippen molar-refractivity contribution in [2.24, 2.45) is 0 Å². The van der Waals surface area contributed by atoms with Gasteiger partial charge in [0.05, 0.1) is 27.7 Å². The Balaban J connectivity index is 4.38. The zero-order chi connectivity index (χ0) is 41.4. The van der Waals surface area contributed by atoms with Gasteiger partial charge in [0.1, 0.15) is 19.8 Å². The lowest BCUT2D eigenvalue weighted by molar-refractivity contribution is -0.870. The molecule has 0 radical (unpaired) electrons. The van der Waals surface area contributed by atoms with E-state index in [1.165, 1.54) is 64.2 Å². The van der Waals surface area contributed by atoms with Crippen molar-refractivity contribution in [2.45, 2.75) is 187 Å². The summed E-state index contributed by atoms with van der Waals surface area (Å²) in [5.74, 6) is -0.820. The van der Waals surface area contributed by atoms with E-state index in [0.717, 1.165) is 83.5 Å². The minimum absolute atomic E-state index is 0.0269. The van der Waals surface area contributed by atoms with Crippen LogP contribution in [0.2, 0.25) is 0 Å². The third kappa shape index (κ3) is 41.6. The third-order valence-corrected chi connectivity index (χ3v) is 10.3. The molecule has 0 aromatic heterocycles. The van der Waals surface area contributed by atoms with Crippen LogP contribution in [0.15, 0.2) is 48.6 Å². The van der Waals surface area contributed by atoms with Crippen LogP contribution >= 0.6 is 7.82 Å². The highest BCUT2D eigenvalue weighted by Gasteiger charge is 2.27. The smallest absolute Gasteiger partial charge is 0.462 e. The fourth-order valence-electron chi connectivity index (χ4n) is 5.85. The van der Waals surface area contributed by atoms with Gasteiger partial charge in [0.25, 0.3) is 0 Å². The molecule has 56 heavy (non-hydrogen) atoms. The van der Waals surface area contributed by atoms with E-state index in [-0.39, 0.29) is 32.0 Å². The first-order valence-electron chi connectivity index (χ1n) is 22.4. The van der Waals surface area contributed by atoms with E-state index in [1.54, 1.807) is 0 Å². The average Bonchev–Trinajstić information content (AvgIpc) is 3.15. The van der Waals surface area contributed by atoms with Crippen LogP contribution in [0, 0.1) is 0 Å². The second kappa shape index (κ2) is 38.5.